The highest BCUT2D eigenvalue weighted by molar-refractivity contribution is 6.00. The second-order valence-electron chi connectivity index (χ2n) is 8.14. The van der Waals surface area contributed by atoms with Crippen molar-refractivity contribution in [1.82, 2.24) is 0 Å². The summed E-state index contributed by atoms with van der Waals surface area (Å²) in [4.78, 5) is 48.9. The number of rotatable bonds is 9. The smallest absolute Gasteiger partial charge is 0.311 e. The van der Waals surface area contributed by atoms with Crippen LogP contribution in [0.4, 0.5) is 17.1 Å². The summed E-state index contributed by atoms with van der Waals surface area (Å²) in [7, 11) is 1.58. The van der Waals surface area contributed by atoms with Crippen molar-refractivity contribution in [1.29, 1.82) is 0 Å². The first-order valence-electron chi connectivity index (χ1n) is 11.3. The SMILES string of the molecule is COc1ccc(Oc2ccc(N3C[C@@H](C(=O)OCC(=O)Nc4cccc([N+](=O)[O-])c4)CC3=O)cc2)cc1. The molecule has 1 N–H and O–H groups in total. The first-order chi connectivity index (χ1) is 17.8. The highest BCUT2D eigenvalue weighted by Crippen LogP contribution is 2.29. The van der Waals surface area contributed by atoms with Gasteiger partial charge in [0.1, 0.15) is 17.2 Å². The van der Waals surface area contributed by atoms with Gasteiger partial charge in [-0.3, -0.25) is 24.5 Å². The number of esters is 1. The molecule has 1 fully saturated rings. The fourth-order valence-corrected chi connectivity index (χ4v) is 3.74. The molecule has 0 aliphatic carbocycles. The summed E-state index contributed by atoms with van der Waals surface area (Å²) in [6.45, 7) is -0.466. The quantitative estimate of drug-likeness (QED) is 0.262. The lowest BCUT2D eigenvalue weighted by molar-refractivity contribution is -0.384. The minimum atomic E-state index is -0.728. The Morgan fingerprint density at radius 3 is 2.32 bits per heavy atom. The third-order valence-corrected chi connectivity index (χ3v) is 5.59. The summed E-state index contributed by atoms with van der Waals surface area (Å²) in [5.41, 5.74) is 0.627. The van der Waals surface area contributed by atoms with E-state index in [1.54, 1.807) is 55.6 Å². The van der Waals surface area contributed by atoms with Crippen LogP contribution in [0.25, 0.3) is 0 Å². The average Bonchev–Trinajstić information content (AvgIpc) is 3.30. The van der Waals surface area contributed by atoms with Gasteiger partial charge in [-0.1, -0.05) is 6.07 Å². The van der Waals surface area contributed by atoms with Crippen LogP contribution in [0.15, 0.2) is 72.8 Å². The number of hydrogen-bond donors (Lipinski definition) is 1. The maximum absolute atomic E-state index is 12.5. The number of nitrogens with one attached hydrogen (secondary N) is 1. The number of nitrogens with zero attached hydrogens (tertiary/aromatic N) is 2. The van der Waals surface area contributed by atoms with Crippen LogP contribution in [0.1, 0.15) is 6.42 Å². The summed E-state index contributed by atoms with van der Waals surface area (Å²) >= 11 is 0. The largest absolute Gasteiger partial charge is 0.497 e. The lowest BCUT2D eigenvalue weighted by atomic mass is 10.1. The molecule has 0 radical (unpaired) electrons. The van der Waals surface area contributed by atoms with Crippen molar-refractivity contribution >= 4 is 34.8 Å². The molecular formula is C26H23N3O8. The maximum atomic E-state index is 12.5. The third kappa shape index (κ3) is 6.40. The number of non-ortho nitro benzene ring substituents is 1. The Morgan fingerprint density at radius 1 is 1.03 bits per heavy atom. The Hall–Kier alpha value is -4.93. The zero-order valence-electron chi connectivity index (χ0n) is 19.8. The topological polar surface area (TPSA) is 137 Å². The van der Waals surface area contributed by atoms with Crippen LogP contribution >= 0.6 is 0 Å². The van der Waals surface area contributed by atoms with Gasteiger partial charge in [0.2, 0.25) is 5.91 Å². The van der Waals surface area contributed by atoms with Gasteiger partial charge in [-0.2, -0.15) is 0 Å². The zero-order chi connectivity index (χ0) is 26.4. The van der Waals surface area contributed by atoms with E-state index >= 15 is 0 Å². The van der Waals surface area contributed by atoms with Gasteiger partial charge >= 0.3 is 5.97 Å². The van der Waals surface area contributed by atoms with Gasteiger partial charge in [-0.15, -0.1) is 0 Å². The van der Waals surface area contributed by atoms with Gasteiger partial charge in [0.05, 0.1) is 18.0 Å². The van der Waals surface area contributed by atoms with Gasteiger partial charge in [-0.25, -0.2) is 0 Å². The molecule has 0 unspecified atom stereocenters. The number of methoxy groups -OCH3 is 1. The first kappa shape index (κ1) is 25.2. The van der Waals surface area contributed by atoms with E-state index in [9.17, 15) is 24.5 Å². The van der Waals surface area contributed by atoms with Crippen LogP contribution in [0.5, 0.6) is 17.2 Å². The van der Waals surface area contributed by atoms with Gasteiger partial charge < -0.3 is 24.4 Å². The molecule has 0 aromatic heterocycles. The molecule has 0 bridgehead atoms. The maximum Gasteiger partial charge on any atom is 0.311 e. The molecule has 11 nitrogen and oxygen atoms in total. The number of amides is 2. The van der Waals surface area contributed by atoms with Gasteiger partial charge in [-0.05, 0) is 54.6 Å². The summed E-state index contributed by atoms with van der Waals surface area (Å²) in [6.07, 6.45) is -0.0462. The minimum Gasteiger partial charge on any atom is -0.497 e. The molecule has 1 aliphatic rings. The highest BCUT2D eigenvalue weighted by atomic mass is 16.6. The van der Waals surface area contributed by atoms with Crippen molar-refractivity contribution in [3.8, 4) is 17.2 Å². The lowest BCUT2D eigenvalue weighted by Gasteiger charge is -2.17. The second kappa shape index (κ2) is 11.2. The van der Waals surface area contributed by atoms with Crippen LogP contribution in [-0.4, -0.2) is 43.0 Å². The Balaban J connectivity index is 1.28. The number of benzene rings is 3. The molecule has 3 aromatic rings. The Kier molecular flexibility index (Phi) is 7.62. The van der Waals surface area contributed by atoms with Crippen LogP contribution in [0.2, 0.25) is 0 Å². The van der Waals surface area contributed by atoms with E-state index in [1.165, 1.54) is 29.2 Å². The predicted octanol–water partition coefficient (Wildman–Crippen LogP) is 3.93. The molecule has 1 aliphatic heterocycles. The first-order valence-corrected chi connectivity index (χ1v) is 11.3. The zero-order valence-corrected chi connectivity index (χ0v) is 19.8. The third-order valence-electron chi connectivity index (χ3n) is 5.59. The van der Waals surface area contributed by atoms with E-state index in [0.29, 0.717) is 22.9 Å². The molecule has 1 atom stereocenters. The van der Waals surface area contributed by atoms with E-state index in [2.05, 4.69) is 5.32 Å². The van der Waals surface area contributed by atoms with E-state index in [1.807, 2.05) is 0 Å². The normalized spacial score (nSPS) is 14.7. The van der Waals surface area contributed by atoms with Gasteiger partial charge in [0.15, 0.2) is 6.61 Å². The van der Waals surface area contributed by atoms with Crippen LogP contribution < -0.4 is 19.7 Å². The van der Waals surface area contributed by atoms with E-state index in [0.717, 1.165) is 0 Å². The monoisotopic (exact) mass is 505 g/mol. The molecule has 0 saturated carbocycles. The fraction of sp³-hybridized carbons (Fsp3) is 0.192. The van der Waals surface area contributed by atoms with E-state index < -0.39 is 29.3 Å². The molecule has 2 amide bonds. The summed E-state index contributed by atoms with van der Waals surface area (Å²) < 4.78 is 16.0. The van der Waals surface area contributed by atoms with Crippen molar-refractivity contribution in [3.05, 3.63) is 82.9 Å². The molecule has 190 valence electrons. The minimum absolute atomic E-state index is 0.0462. The number of hydrogen-bond acceptors (Lipinski definition) is 8. The molecule has 0 spiro atoms. The highest BCUT2D eigenvalue weighted by Gasteiger charge is 2.36. The number of nitro groups is 1. The van der Waals surface area contributed by atoms with Gasteiger partial charge in [0, 0.05) is 36.5 Å². The van der Waals surface area contributed by atoms with Crippen molar-refractivity contribution in [2.24, 2.45) is 5.92 Å². The second-order valence-corrected chi connectivity index (χ2v) is 8.14. The van der Waals surface area contributed by atoms with Gasteiger partial charge in [0.25, 0.3) is 11.6 Å². The van der Waals surface area contributed by atoms with Crippen molar-refractivity contribution in [2.75, 3.05) is 30.5 Å². The number of ether oxygens (including phenoxy) is 3. The molecule has 1 heterocycles. The van der Waals surface area contributed by atoms with Crippen LogP contribution in [0, 0.1) is 16.0 Å². The molecule has 4 rings (SSSR count). The average molecular weight is 505 g/mol. The van der Waals surface area contributed by atoms with Crippen LogP contribution in [-0.2, 0) is 19.1 Å². The summed E-state index contributed by atoms with van der Waals surface area (Å²) in [5.74, 6) is -0.381. The molecule has 11 heteroatoms. The molecular weight excluding hydrogens is 482 g/mol. The van der Waals surface area contributed by atoms with E-state index in [-0.39, 0.29) is 30.2 Å². The number of anilines is 2. The molecule has 1 saturated heterocycles. The van der Waals surface area contributed by atoms with Crippen molar-refractivity contribution in [2.45, 2.75) is 6.42 Å². The Labute approximate surface area is 211 Å². The van der Waals surface area contributed by atoms with Crippen molar-refractivity contribution in [3.63, 3.8) is 0 Å². The standard InChI is InChI=1S/C26H23N3O8/c1-35-21-9-11-23(12-10-21)37-22-7-5-19(6-8-22)28-15-17(13-25(28)31)26(32)36-16-24(30)27-18-3-2-4-20(14-18)29(33)34/h2-12,14,17H,13,15-16H2,1H3,(H,27,30)/t17-/m0/s1. The Bertz CT molecular complexity index is 1310. The molecule has 37 heavy (non-hydrogen) atoms. The predicted molar refractivity (Wildman–Crippen MR) is 133 cm³/mol. The number of carbonyl (C=O) groups excluding carboxylic acids is 3. The lowest BCUT2D eigenvalue weighted by Crippen LogP contribution is -2.28. The number of nitro benzene ring substituents is 1. The molecule has 3 aromatic carbocycles. The Morgan fingerprint density at radius 2 is 1.68 bits per heavy atom. The van der Waals surface area contributed by atoms with E-state index in [4.69, 9.17) is 14.2 Å². The van der Waals surface area contributed by atoms with Crippen molar-refractivity contribution < 1.29 is 33.5 Å². The number of carbonyl (C=O) groups is 3. The summed E-state index contributed by atoms with van der Waals surface area (Å²) in [6, 6.07) is 19.4. The summed E-state index contributed by atoms with van der Waals surface area (Å²) in [5, 5.41) is 13.3. The van der Waals surface area contributed by atoms with Crippen LogP contribution in [0.3, 0.4) is 0 Å². The fourth-order valence-electron chi connectivity index (χ4n) is 3.74.